The maximum absolute atomic E-state index is 11.1. The lowest BCUT2D eigenvalue weighted by Crippen LogP contribution is -3.28. The molecule has 0 aliphatic carbocycles. The molecule has 0 spiro atoms. The molecule has 1 aliphatic rings. The van der Waals surface area contributed by atoms with Crippen molar-refractivity contribution in [2.75, 3.05) is 32.7 Å². The van der Waals surface area contributed by atoms with Crippen LogP contribution in [0.3, 0.4) is 0 Å². The smallest absolute Gasteiger partial charge is 0.235 e. The Morgan fingerprint density at radius 2 is 1.72 bits per heavy atom. The molecule has 2 aromatic heterocycles. The summed E-state index contributed by atoms with van der Waals surface area (Å²) in [6.07, 6.45) is 0.774. The number of quaternary nitrogens is 2. The molecule has 0 radical (unpaired) electrons. The molecule has 3 aromatic rings. The average molecular weight is 416 g/mol. The van der Waals surface area contributed by atoms with Crippen LogP contribution in [-0.2, 0) is 6.42 Å². The monoisotopic (exact) mass is 415 g/mol. The van der Waals surface area contributed by atoms with Gasteiger partial charge in [-0.1, -0.05) is 56.4 Å². The standard InChI is InChI=1S/C22H31N5OS/c1-5-18-23-22-27(24-18)21(28)20(29-22)19(26-13-11-25(6-2)12-14-26)17-9-7-16(8-10-17)15(3)4/h7-10,15,19,28H,5-6,11-14H2,1-4H3/p+2/t19-/m1/s1. The molecule has 7 heteroatoms. The van der Waals surface area contributed by atoms with Gasteiger partial charge in [-0.25, -0.2) is 4.98 Å². The van der Waals surface area contributed by atoms with Crippen LogP contribution >= 0.6 is 11.3 Å². The highest BCUT2D eigenvalue weighted by molar-refractivity contribution is 7.17. The lowest BCUT2D eigenvalue weighted by atomic mass is 9.97. The first-order valence-electron chi connectivity index (χ1n) is 10.9. The van der Waals surface area contributed by atoms with E-state index in [-0.39, 0.29) is 11.9 Å². The third kappa shape index (κ3) is 3.91. The van der Waals surface area contributed by atoms with Gasteiger partial charge in [0.25, 0.3) is 0 Å². The lowest BCUT2D eigenvalue weighted by molar-refractivity contribution is -1.02. The summed E-state index contributed by atoms with van der Waals surface area (Å²) in [6, 6.07) is 9.10. The zero-order valence-electron chi connectivity index (χ0n) is 17.9. The van der Waals surface area contributed by atoms with E-state index >= 15 is 0 Å². The van der Waals surface area contributed by atoms with Crippen LogP contribution in [0.5, 0.6) is 5.88 Å². The molecule has 29 heavy (non-hydrogen) atoms. The first-order chi connectivity index (χ1) is 14.0. The number of likely N-dealkylation sites (N-methyl/N-ethyl adjacent to an activating group) is 1. The van der Waals surface area contributed by atoms with Crippen LogP contribution in [-0.4, -0.2) is 52.4 Å². The van der Waals surface area contributed by atoms with E-state index in [0.29, 0.717) is 5.92 Å². The number of piperazine rings is 1. The van der Waals surface area contributed by atoms with Crippen LogP contribution in [0, 0.1) is 0 Å². The molecule has 1 aromatic carbocycles. The van der Waals surface area contributed by atoms with Crippen LogP contribution in [0.25, 0.3) is 4.96 Å². The van der Waals surface area contributed by atoms with Crippen molar-refractivity contribution in [3.05, 3.63) is 46.1 Å². The summed E-state index contributed by atoms with van der Waals surface area (Å²) in [5.74, 6) is 1.55. The Morgan fingerprint density at radius 1 is 1.07 bits per heavy atom. The van der Waals surface area contributed by atoms with E-state index in [9.17, 15) is 5.11 Å². The van der Waals surface area contributed by atoms with Crippen molar-refractivity contribution in [3.8, 4) is 5.88 Å². The van der Waals surface area contributed by atoms with Gasteiger partial charge in [-0.15, -0.1) is 5.10 Å². The second kappa shape index (κ2) is 8.42. The molecule has 1 atom stereocenters. The third-order valence-electron chi connectivity index (χ3n) is 6.27. The predicted octanol–water partition coefficient (Wildman–Crippen LogP) is 1.07. The van der Waals surface area contributed by atoms with Gasteiger partial charge in [0, 0.05) is 12.0 Å². The topological polar surface area (TPSA) is 59.3 Å². The van der Waals surface area contributed by atoms with Gasteiger partial charge in [-0.3, -0.25) is 0 Å². The molecule has 0 amide bonds. The molecule has 0 saturated carbocycles. The van der Waals surface area contributed by atoms with E-state index < -0.39 is 0 Å². The van der Waals surface area contributed by atoms with Crippen LogP contribution in [0.4, 0.5) is 0 Å². The summed E-state index contributed by atoms with van der Waals surface area (Å²) in [5.41, 5.74) is 2.61. The molecule has 3 heterocycles. The van der Waals surface area contributed by atoms with Crippen molar-refractivity contribution in [2.24, 2.45) is 0 Å². The van der Waals surface area contributed by atoms with Crippen molar-refractivity contribution in [1.29, 1.82) is 0 Å². The minimum atomic E-state index is 0.119. The van der Waals surface area contributed by atoms with Gasteiger partial charge in [0.1, 0.15) is 31.1 Å². The Morgan fingerprint density at radius 3 is 2.28 bits per heavy atom. The molecular weight excluding hydrogens is 382 g/mol. The van der Waals surface area contributed by atoms with Gasteiger partial charge in [-0.2, -0.15) is 4.52 Å². The fourth-order valence-electron chi connectivity index (χ4n) is 4.34. The van der Waals surface area contributed by atoms with Crippen molar-refractivity contribution < 1.29 is 14.9 Å². The van der Waals surface area contributed by atoms with E-state index in [1.807, 2.05) is 6.92 Å². The Kier molecular flexibility index (Phi) is 5.90. The summed E-state index contributed by atoms with van der Waals surface area (Å²) in [4.78, 5) is 9.55. The van der Waals surface area contributed by atoms with Gasteiger partial charge in [0.2, 0.25) is 10.8 Å². The number of thiazole rings is 1. The number of nitrogens with one attached hydrogen (secondary N) is 2. The van der Waals surface area contributed by atoms with Gasteiger partial charge in [0.05, 0.1) is 6.54 Å². The SMILES string of the molecule is CCc1nc2sc([C@@H](c3ccc(C(C)C)cc3)[NH+]3CC[NH+](CC)CC3)c(O)n2n1. The van der Waals surface area contributed by atoms with E-state index in [1.165, 1.54) is 35.7 Å². The first-order valence-corrected chi connectivity index (χ1v) is 11.7. The number of aromatic hydroxyl groups is 1. The zero-order valence-corrected chi connectivity index (χ0v) is 18.7. The second-order valence-electron chi connectivity index (χ2n) is 8.38. The number of nitrogens with zero attached hydrogens (tertiary/aromatic N) is 3. The minimum absolute atomic E-state index is 0.119. The van der Waals surface area contributed by atoms with Gasteiger partial charge in [0.15, 0.2) is 11.9 Å². The number of aromatic nitrogens is 3. The fourth-order valence-corrected chi connectivity index (χ4v) is 5.50. The van der Waals surface area contributed by atoms with Crippen LogP contribution in [0.2, 0.25) is 0 Å². The Hall–Kier alpha value is -1.96. The van der Waals surface area contributed by atoms with Crippen molar-refractivity contribution >= 4 is 16.3 Å². The lowest BCUT2D eigenvalue weighted by Gasteiger charge is -2.34. The third-order valence-corrected chi connectivity index (χ3v) is 7.35. The maximum atomic E-state index is 11.1. The van der Waals surface area contributed by atoms with Crippen LogP contribution in [0.15, 0.2) is 24.3 Å². The Labute approximate surface area is 176 Å². The molecule has 0 bridgehead atoms. The van der Waals surface area contributed by atoms with Crippen LogP contribution in [0.1, 0.15) is 61.5 Å². The number of hydrogen-bond acceptors (Lipinski definition) is 4. The summed E-state index contributed by atoms with van der Waals surface area (Å²) >= 11 is 1.59. The fraction of sp³-hybridized carbons (Fsp3) is 0.545. The van der Waals surface area contributed by atoms with Gasteiger partial charge >= 0.3 is 0 Å². The highest BCUT2D eigenvalue weighted by Crippen LogP contribution is 2.35. The Balaban J connectivity index is 1.74. The predicted molar refractivity (Wildman–Crippen MR) is 116 cm³/mol. The summed E-state index contributed by atoms with van der Waals surface area (Å²) < 4.78 is 1.63. The minimum Gasteiger partial charge on any atom is -0.492 e. The number of benzene rings is 1. The van der Waals surface area contributed by atoms with Crippen molar-refractivity contribution in [1.82, 2.24) is 14.6 Å². The summed E-state index contributed by atoms with van der Waals surface area (Å²) in [5, 5.41) is 15.5. The van der Waals surface area contributed by atoms with Gasteiger partial charge < -0.3 is 14.9 Å². The second-order valence-corrected chi connectivity index (χ2v) is 9.39. The van der Waals surface area contributed by atoms with Crippen molar-refractivity contribution in [3.63, 3.8) is 0 Å². The molecule has 156 valence electrons. The number of rotatable bonds is 6. The molecule has 0 unspecified atom stereocenters. The molecule has 1 aliphatic heterocycles. The number of hydrogen-bond donors (Lipinski definition) is 3. The molecule has 4 rings (SSSR count). The molecule has 3 N–H and O–H groups in total. The molecule has 1 fully saturated rings. The quantitative estimate of drug-likeness (QED) is 0.565. The molecule has 6 nitrogen and oxygen atoms in total. The van der Waals surface area contributed by atoms with E-state index in [1.54, 1.807) is 20.8 Å². The molecular formula is C22H33N5OS+2. The molecule has 1 saturated heterocycles. The summed E-state index contributed by atoms with van der Waals surface area (Å²) in [6.45, 7) is 14.5. The van der Waals surface area contributed by atoms with Crippen LogP contribution < -0.4 is 9.80 Å². The van der Waals surface area contributed by atoms with Crippen molar-refractivity contribution in [2.45, 2.75) is 46.1 Å². The van der Waals surface area contributed by atoms with E-state index in [0.717, 1.165) is 35.2 Å². The normalized spacial score (nSPS) is 21.1. The average Bonchev–Trinajstić information content (AvgIpc) is 3.28. The highest BCUT2D eigenvalue weighted by Gasteiger charge is 2.35. The zero-order chi connectivity index (χ0) is 20.5. The summed E-state index contributed by atoms with van der Waals surface area (Å²) in [7, 11) is 0. The first kappa shape index (κ1) is 20.3. The highest BCUT2D eigenvalue weighted by atomic mass is 32.1. The van der Waals surface area contributed by atoms with E-state index in [2.05, 4.69) is 55.1 Å². The van der Waals surface area contributed by atoms with Gasteiger partial charge in [-0.05, 0) is 18.4 Å². The van der Waals surface area contributed by atoms with E-state index in [4.69, 9.17) is 0 Å². The maximum Gasteiger partial charge on any atom is 0.235 e. The largest absolute Gasteiger partial charge is 0.492 e. The Bertz CT molecular complexity index is 954. The number of aryl methyl sites for hydroxylation is 1. The number of fused-ring (bicyclic) bond motifs is 1.